The van der Waals surface area contributed by atoms with E-state index < -0.39 is 10.0 Å². The molecule has 2 aliphatic rings. The van der Waals surface area contributed by atoms with Crippen molar-refractivity contribution >= 4 is 15.9 Å². The zero-order valence-electron chi connectivity index (χ0n) is 24.5. The van der Waals surface area contributed by atoms with Gasteiger partial charge in [-0.05, 0) is 121 Å². The van der Waals surface area contributed by atoms with E-state index in [1.807, 2.05) is 6.92 Å². The Labute approximate surface area is 231 Å². The molecule has 1 saturated carbocycles. The van der Waals surface area contributed by atoms with E-state index in [0.29, 0.717) is 28.7 Å². The van der Waals surface area contributed by atoms with Crippen LogP contribution in [0.5, 0.6) is 5.75 Å². The molecule has 0 aromatic heterocycles. The lowest BCUT2D eigenvalue weighted by Gasteiger charge is -2.41. The summed E-state index contributed by atoms with van der Waals surface area (Å²) in [5, 5.41) is 3.17. The molecule has 1 aromatic carbocycles. The Bertz CT molecular complexity index is 1010. The highest BCUT2D eigenvalue weighted by Gasteiger charge is 2.30. The summed E-state index contributed by atoms with van der Waals surface area (Å²) < 4.78 is 33.3. The van der Waals surface area contributed by atoms with Crippen molar-refractivity contribution in [1.29, 1.82) is 0 Å². The van der Waals surface area contributed by atoms with E-state index in [0.717, 1.165) is 37.2 Å². The zero-order chi connectivity index (χ0) is 27.9. The first-order chi connectivity index (χ1) is 18.0. The van der Waals surface area contributed by atoms with Crippen LogP contribution in [0.15, 0.2) is 17.0 Å². The van der Waals surface area contributed by atoms with Gasteiger partial charge in [0.05, 0.1) is 12.0 Å². The molecular formula is C29H50N4O4S. The number of nitrogens with one attached hydrogen (secondary N) is 1. The number of aryl methyl sites for hydroxylation is 2. The number of amides is 1. The third kappa shape index (κ3) is 8.16. The standard InChI is InChI=1S/C29H50N4O4S/c1-7-24-21-27(37-6)20-22(2)29(24)38(35,36)32(5)17-15-28(34)30-25-8-10-26(11-9-25)33-18-13-23(14-19-33)12-16-31(3)4/h20-21,23,25-26H,7-19H2,1-6H3,(H,30,34). The molecule has 0 atom stereocenters. The lowest BCUT2D eigenvalue weighted by Crippen LogP contribution is -2.47. The molecule has 0 unspecified atom stereocenters. The SMILES string of the molecule is CCc1cc(OC)cc(C)c1S(=O)(=O)N(C)CCC(=O)NC1CCC(N2CCC(CCN(C)C)CC2)CC1. The second-order valence-corrected chi connectivity index (χ2v) is 13.5. The van der Waals surface area contributed by atoms with E-state index >= 15 is 0 Å². The highest BCUT2D eigenvalue weighted by atomic mass is 32.2. The molecule has 8 nitrogen and oxygen atoms in total. The summed E-state index contributed by atoms with van der Waals surface area (Å²) in [6.45, 7) is 7.46. The van der Waals surface area contributed by atoms with Crippen molar-refractivity contribution < 1.29 is 17.9 Å². The molecule has 1 aliphatic carbocycles. The first-order valence-electron chi connectivity index (χ1n) is 14.4. The summed E-state index contributed by atoms with van der Waals surface area (Å²) in [6.07, 6.45) is 8.89. The van der Waals surface area contributed by atoms with Gasteiger partial charge in [-0.3, -0.25) is 4.79 Å². The minimum Gasteiger partial charge on any atom is -0.497 e. The van der Waals surface area contributed by atoms with Crippen molar-refractivity contribution in [2.75, 3.05) is 54.4 Å². The van der Waals surface area contributed by atoms with Crippen LogP contribution in [0, 0.1) is 12.8 Å². The van der Waals surface area contributed by atoms with Gasteiger partial charge in [0.15, 0.2) is 0 Å². The van der Waals surface area contributed by atoms with Gasteiger partial charge in [0.25, 0.3) is 0 Å². The fraction of sp³-hybridized carbons (Fsp3) is 0.759. The number of carbonyl (C=O) groups excluding carboxylic acids is 1. The van der Waals surface area contributed by atoms with E-state index in [2.05, 4.69) is 29.2 Å². The van der Waals surface area contributed by atoms with Crippen molar-refractivity contribution in [2.45, 2.75) is 88.6 Å². The van der Waals surface area contributed by atoms with E-state index in [1.54, 1.807) is 33.2 Å². The lowest BCUT2D eigenvalue weighted by molar-refractivity contribution is -0.122. The maximum Gasteiger partial charge on any atom is 0.243 e. The Balaban J connectivity index is 1.43. The zero-order valence-corrected chi connectivity index (χ0v) is 25.3. The normalized spacial score (nSPS) is 21.7. The van der Waals surface area contributed by atoms with Gasteiger partial charge in [0.2, 0.25) is 15.9 Å². The number of benzene rings is 1. The van der Waals surface area contributed by atoms with Crippen LogP contribution in [0.3, 0.4) is 0 Å². The molecule has 1 aliphatic heterocycles. The van der Waals surface area contributed by atoms with Crippen LogP contribution in [0.1, 0.15) is 69.4 Å². The fourth-order valence-electron chi connectivity index (χ4n) is 6.03. The Kier molecular flexibility index (Phi) is 11.4. The predicted molar refractivity (Wildman–Crippen MR) is 153 cm³/mol. The number of ether oxygens (including phenoxy) is 1. The van der Waals surface area contributed by atoms with Crippen LogP contribution in [0.2, 0.25) is 0 Å². The monoisotopic (exact) mass is 550 g/mol. The average molecular weight is 551 g/mol. The summed E-state index contributed by atoms with van der Waals surface area (Å²) in [5.74, 6) is 1.44. The van der Waals surface area contributed by atoms with Crippen molar-refractivity contribution in [3.63, 3.8) is 0 Å². The van der Waals surface area contributed by atoms with Gasteiger partial charge in [-0.25, -0.2) is 12.7 Å². The summed E-state index contributed by atoms with van der Waals surface area (Å²) >= 11 is 0. The Morgan fingerprint density at radius 3 is 2.29 bits per heavy atom. The number of carbonyl (C=O) groups is 1. The topological polar surface area (TPSA) is 82.2 Å². The minimum atomic E-state index is -3.71. The van der Waals surface area contributed by atoms with E-state index in [9.17, 15) is 13.2 Å². The molecule has 1 amide bonds. The van der Waals surface area contributed by atoms with Crippen LogP contribution in [0.4, 0.5) is 0 Å². The number of hydrogen-bond donors (Lipinski definition) is 1. The molecule has 0 spiro atoms. The van der Waals surface area contributed by atoms with Gasteiger partial charge in [-0.1, -0.05) is 6.92 Å². The summed E-state index contributed by atoms with van der Waals surface area (Å²) in [7, 11) is 3.73. The number of rotatable bonds is 12. The van der Waals surface area contributed by atoms with Gasteiger partial charge in [0.1, 0.15) is 5.75 Å². The predicted octanol–water partition coefficient (Wildman–Crippen LogP) is 3.67. The van der Waals surface area contributed by atoms with Crippen molar-refractivity contribution in [2.24, 2.45) is 5.92 Å². The molecule has 0 radical (unpaired) electrons. The molecule has 1 N–H and O–H groups in total. The van der Waals surface area contributed by atoms with Crippen LogP contribution in [-0.4, -0.2) is 94.9 Å². The molecule has 1 aromatic rings. The molecule has 1 saturated heterocycles. The molecule has 9 heteroatoms. The average Bonchev–Trinajstić information content (AvgIpc) is 2.90. The van der Waals surface area contributed by atoms with Gasteiger partial charge < -0.3 is 19.9 Å². The molecule has 1 heterocycles. The third-order valence-electron chi connectivity index (χ3n) is 8.48. The number of nitrogens with zero attached hydrogens (tertiary/aromatic N) is 3. The lowest BCUT2D eigenvalue weighted by atomic mass is 9.87. The second-order valence-electron chi connectivity index (χ2n) is 11.5. The maximum absolute atomic E-state index is 13.4. The van der Waals surface area contributed by atoms with E-state index in [1.165, 1.54) is 43.2 Å². The Hall–Kier alpha value is -1.68. The first kappa shape index (κ1) is 30.9. The van der Waals surface area contributed by atoms with Crippen LogP contribution in [-0.2, 0) is 21.2 Å². The number of methoxy groups -OCH3 is 1. The van der Waals surface area contributed by atoms with E-state index in [-0.39, 0.29) is 24.9 Å². The molecule has 3 rings (SSSR count). The van der Waals surface area contributed by atoms with Gasteiger partial charge >= 0.3 is 0 Å². The van der Waals surface area contributed by atoms with Gasteiger partial charge in [-0.2, -0.15) is 0 Å². The number of sulfonamides is 1. The van der Waals surface area contributed by atoms with E-state index in [4.69, 9.17) is 4.74 Å². The maximum atomic E-state index is 13.4. The molecule has 38 heavy (non-hydrogen) atoms. The summed E-state index contributed by atoms with van der Waals surface area (Å²) in [5.41, 5.74) is 1.39. The van der Waals surface area contributed by atoms with Crippen molar-refractivity contribution in [3.05, 3.63) is 23.3 Å². The summed E-state index contributed by atoms with van der Waals surface area (Å²) in [4.78, 5) is 18.0. The van der Waals surface area contributed by atoms with Crippen molar-refractivity contribution in [3.8, 4) is 5.75 Å². The highest BCUT2D eigenvalue weighted by Crippen LogP contribution is 2.30. The highest BCUT2D eigenvalue weighted by molar-refractivity contribution is 7.89. The quantitative estimate of drug-likeness (QED) is 0.428. The Morgan fingerprint density at radius 2 is 1.71 bits per heavy atom. The molecule has 216 valence electrons. The fourth-order valence-corrected chi connectivity index (χ4v) is 7.67. The third-order valence-corrected chi connectivity index (χ3v) is 10.6. The van der Waals surface area contributed by atoms with Crippen LogP contribution >= 0.6 is 0 Å². The smallest absolute Gasteiger partial charge is 0.243 e. The first-order valence-corrected chi connectivity index (χ1v) is 15.8. The van der Waals surface area contributed by atoms with Gasteiger partial charge in [-0.15, -0.1) is 0 Å². The molecule has 0 bridgehead atoms. The molecule has 2 fully saturated rings. The van der Waals surface area contributed by atoms with Crippen LogP contribution in [0.25, 0.3) is 0 Å². The number of hydrogen-bond acceptors (Lipinski definition) is 6. The second kappa shape index (κ2) is 14.1. The summed E-state index contributed by atoms with van der Waals surface area (Å²) in [6, 6.07) is 4.35. The molecular weight excluding hydrogens is 500 g/mol. The number of likely N-dealkylation sites (tertiary alicyclic amines) is 1. The Morgan fingerprint density at radius 1 is 1.05 bits per heavy atom. The van der Waals surface area contributed by atoms with Crippen LogP contribution < -0.4 is 10.1 Å². The van der Waals surface area contributed by atoms with Gasteiger partial charge in [0, 0.05) is 32.1 Å². The minimum absolute atomic E-state index is 0.0700. The number of piperidine rings is 1. The largest absolute Gasteiger partial charge is 0.497 e. The van der Waals surface area contributed by atoms with Crippen molar-refractivity contribution in [1.82, 2.24) is 19.4 Å².